The number of anilines is 1. The van der Waals surface area contributed by atoms with Crippen molar-refractivity contribution in [1.29, 1.82) is 0 Å². The first-order chi connectivity index (χ1) is 8.69. The molecule has 0 heterocycles. The fourth-order valence-electron chi connectivity index (χ4n) is 1.61. The van der Waals surface area contributed by atoms with Crippen LogP contribution in [-0.2, 0) is 0 Å². The largest absolute Gasteiger partial charge is 0.389 e. The Kier molecular flexibility index (Phi) is 5.40. The highest BCUT2D eigenvalue weighted by Gasteiger charge is 2.26. The standard InChI is InChI=1S/C12H13ClF5N/c1-7(3-2-4-12(16,17)18)19-11-9(13)5-8(14)6-10(11)15/h5-7,19H,2-4H2,1H3. The molecule has 1 unspecified atom stereocenters. The highest BCUT2D eigenvalue weighted by atomic mass is 35.5. The third kappa shape index (κ3) is 5.63. The summed E-state index contributed by atoms with van der Waals surface area (Å²) in [6, 6.07) is 1.20. The molecule has 19 heavy (non-hydrogen) atoms. The Morgan fingerprint density at radius 1 is 1.26 bits per heavy atom. The molecule has 1 aromatic carbocycles. The van der Waals surface area contributed by atoms with Crippen molar-refractivity contribution < 1.29 is 22.0 Å². The zero-order valence-corrected chi connectivity index (χ0v) is 10.9. The van der Waals surface area contributed by atoms with Crippen LogP contribution in [0.15, 0.2) is 12.1 Å². The minimum absolute atomic E-state index is 0.0713. The van der Waals surface area contributed by atoms with E-state index in [2.05, 4.69) is 5.32 Å². The molecule has 0 fully saturated rings. The number of halogens is 6. The molecule has 0 aliphatic rings. The number of nitrogens with one attached hydrogen (secondary N) is 1. The molecule has 1 atom stereocenters. The van der Waals surface area contributed by atoms with Gasteiger partial charge in [-0.3, -0.25) is 0 Å². The summed E-state index contributed by atoms with van der Waals surface area (Å²) in [4.78, 5) is 0. The zero-order valence-electron chi connectivity index (χ0n) is 10.1. The highest BCUT2D eigenvalue weighted by Crippen LogP contribution is 2.28. The van der Waals surface area contributed by atoms with Gasteiger partial charge >= 0.3 is 6.18 Å². The predicted octanol–water partition coefficient (Wildman–Crippen LogP) is 5.15. The second kappa shape index (κ2) is 6.41. The minimum atomic E-state index is -4.20. The first kappa shape index (κ1) is 16.0. The van der Waals surface area contributed by atoms with E-state index in [1.165, 1.54) is 0 Å². The smallest absolute Gasteiger partial charge is 0.379 e. The van der Waals surface area contributed by atoms with Crippen LogP contribution in [0.1, 0.15) is 26.2 Å². The van der Waals surface area contributed by atoms with Gasteiger partial charge in [0.05, 0.1) is 10.7 Å². The summed E-state index contributed by atoms with van der Waals surface area (Å²) in [5.74, 6) is -1.68. The lowest BCUT2D eigenvalue weighted by Crippen LogP contribution is -2.18. The topological polar surface area (TPSA) is 12.0 Å². The summed E-state index contributed by atoms with van der Waals surface area (Å²) in [6.07, 6.45) is -4.96. The monoisotopic (exact) mass is 301 g/mol. The van der Waals surface area contributed by atoms with E-state index in [0.29, 0.717) is 6.07 Å². The van der Waals surface area contributed by atoms with Gasteiger partial charge in [0.1, 0.15) is 5.82 Å². The Balaban J connectivity index is 2.55. The van der Waals surface area contributed by atoms with Crippen LogP contribution in [0.25, 0.3) is 0 Å². The molecule has 0 aromatic heterocycles. The first-order valence-electron chi connectivity index (χ1n) is 5.67. The molecule has 108 valence electrons. The Labute approximate surface area is 112 Å². The molecule has 0 aliphatic carbocycles. The van der Waals surface area contributed by atoms with E-state index < -0.39 is 30.3 Å². The fourth-order valence-corrected chi connectivity index (χ4v) is 1.86. The number of hydrogen-bond donors (Lipinski definition) is 1. The summed E-state index contributed by atoms with van der Waals surface area (Å²) in [5.41, 5.74) is -0.0948. The molecular formula is C12H13ClF5N. The zero-order chi connectivity index (χ0) is 14.6. The molecule has 0 spiro atoms. The predicted molar refractivity (Wildman–Crippen MR) is 64.4 cm³/mol. The molecule has 7 heteroatoms. The van der Waals surface area contributed by atoms with Crippen molar-refractivity contribution in [2.75, 3.05) is 5.32 Å². The second-order valence-electron chi connectivity index (χ2n) is 4.30. The van der Waals surface area contributed by atoms with Gasteiger partial charge in [-0.05, 0) is 25.8 Å². The molecule has 0 amide bonds. The van der Waals surface area contributed by atoms with E-state index in [4.69, 9.17) is 11.6 Å². The normalized spacial score (nSPS) is 13.4. The van der Waals surface area contributed by atoms with Gasteiger partial charge in [0, 0.05) is 18.5 Å². The van der Waals surface area contributed by atoms with Crippen LogP contribution >= 0.6 is 11.6 Å². The Hall–Kier alpha value is -1.04. The molecular weight excluding hydrogens is 289 g/mol. The van der Waals surface area contributed by atoms with Gasteiger partial charge in [0.2, 0.25) is 0 Å². The third-order valence-electron chi connectivity index (χ3n) is 2.50. The van der Waals surface area contributed by atoms with E-state index in [9.17, 15) is 22.0 Å². The molecule has 0 saturated heterocycles. The van der Waals surface area contributed by atoms with Crippen molar-refractivity contribution in [2.24, 2.45) is 0 Å². The number of alkyl halides is 3. The molecule has 0 bridgehead atoms. The number of rotatable bonds is 5. The summed E-state index contributed by atoms with van der Waals surface area (Å²) in [6.45, 7) is 1.61. The van der Waals surface area contributed by atoms with E-state index in [1.807, 2.05) is 0 Å². The van der Waals surface area contributed by atoms with Crippen LogP contribution in [0.4, 0.5) is 27.6 Å². The maximum absolute atomic E-state index is 13.4. The lowest BCUT2D eigenvalue weighted by Gasteiger charge is -2.17. The van der Waals surface area contributed by atoms with Crippen LogP contribution in [0.3, 0.4) is 0 Å². The number of hydrogen-bond acceptors (Lipinski definition) is 1. The lowest BCUT2D eigenvalue weighted by atomic mass is 10.1. The summed E-state index contributed by atoms with van der Waals surface area (Å²) in [7, 11) is 0. The summed E-state index contributed by atoms with van der Waals surface area (Å²) >= 11 is 5.66. The molecule has 0 radical (unpaired) electrons. The Bertz CT molecular complexity index is 410. The average Bonchev–Trinajstić information content (AvgIpc) is 2.21. The quantitative estimate of drug-likeness (QED) is 0.742. The molecule has 1 rings (SSSR count). The van der Waals surface area contributed by atoms with Crippen molar-refractivity contribution in [1.82, 2.24) is 0 Å². The van der Waals surface area contributed by atoms with Gasteiger partial charge in [0.15, 0.2) is 5.82 Å². The number of benzene rings is 1. The molecule has 0 aliphatic heterocycles. The molecule has 1 N–H and O–H groups in total. The van der Waals surface area contributed by atoms with Gasteiger partial charge in [0.25, 0.3) is 0 Å². The van der Waals surface area contributed by atoms with Crippen LogP contribution < -0.4 is 5.32 Å². The average molecular weight is 302 g/mol. The van der Waals surface area contributed by atoms with E-state index >= 15 is 0 Å². The van der Waals surface area contributed by atoms with Gasteiger partial charge < -0.3 is 5.32 Å². The van der Waals surface area contributed by atoms with E-state index in [-0.39, 0.29) is 23.6 Å². The fraction of sp³-hybridized carbons (Fsp3) is 0.500. The Morgan fingerprint density at radius 3 is 2.42 bits per heavy atom. The molecule has 0 saturated carbocycles. The van der Waals surface area contributed by atoms with Crippen LogP contribution in [0.5, 0.6) is 0 Å². The first-order valence-corrected chi connectivity index (χ1v) is 6.04. The van der Waals surface area contributed by atoms with Crippen molar-refractivity contribution in [3.05, 3.63) is 28.8 Å². The van der Waals surface area contributed by atoms with Gasteiger partial charge in [-0.2, -0.15) is 13.2 Å². The lowest BCUT2D eigenvalue weighted by molar-refractivity contribution is -0.135. The summed E-state index contributed by atoms with van der Waals surface area (Å²) in [5, 5.41) is 2.51. The Morgan fingerprint density at radius 2 is 1.89 bits per heavy atom. The maximum atomic E-state index is 13.4. The minimum Gasteiger partial charge on any atom is -0.379 e. The third-order valence-corrected chi connectivity index (χ3v) is 2.79. The SMILES string of the molecule is CC(CCCC(F)(F)F)Nc1c(F)cc(F)cc1Cl. The van der Waals surface area contributed by atoms with E-state index in [1.54, 1.807) is 6.92 Å². The molecule has 1 aromatic rings. The second-order valence-corrected chi connectivity index (χ2v) is 4.70. The summed E-state index contributed by atoms with van der Waals surface area (Å²) < 4.78 is 62.1. The highest BCUT2D eigenvalue weighted by molar-refractivity contribution is 6.33. The van der Waals surface area contributed by atoms with Crippen LogP contribution in [-0.4, -0.2) is 12.2 Å². The van der Waals surface area contributed by atoms with Crippen molar-refractivity contribution in [3.63, 3.8) is 0 Å². The van der Waals surface area contributed by atoms with Crippen molar-refractivity contribution in [2.45, 2.75) is 38.4 Å². The van der Waals surface area contributed by atoms with Gasteiger partial charge in [-0.15, -0.1) is 0 Å². The van der Waals surface area contributed by atoms with Crippen LogP contribution in [0.2, 0.25) is 5.02 Å². The van der Waals surface area contributed by atoms with Crippen molar-refractivity contribution >= 4 is 17.3 Å². The van der Waals surface area contributed by atoms with Gasteiger partial charge in [-0.25, -0.2) is 8.78 Å². The van der Waals surface area contributed by atoms with Crippen molar-refractivity contribution in [3.8, 4) is 0 Å². The molecule has 1 nitrogen and oxygen atoms in total. The maximum Gasteiger partial charge on any atom is 0.389 e. The van der Waals surface area contributed by atoms with Crippen LogP contribution in [0, 0.1) is 11.6 Å². The van der Waals surface area contributed by atoms with Gasteiger partial charge in [-0.1, -0.05) is 11.6 Å². The van der Waals surface area contributed by atoms with E-state index in [0.717, 1.165) is 6.07 Å².